The van der Waals surface area contributed by atoms with Gasteiger partial charge in [0.1, 0.15) is 0 Å². The van der Waals surface area contributed by atoms with Gasteiger partial charge in [-0.15, -0.1) is 24.0 Å². The van der Waals surface area contributed by atoms with Crippen molar-refractivity contribution in [1.82, 2.24) is 20.0 Å². The molecular formula is C23H38IN5O. The predicted octanol–water partition coefficient (Wildman–Crippen LogP) is 3.35. The summed E-state index contributed by atoms with van der Waals surface area (Å²) < 4.78 is 0. The normalized spacial score (nSPS) is 19.0. The minimum absolute atomic E-state index is 0. The predicted molar refractivity (Wildman–Crippen MR) is 134 cm³/mol. The molecule has 3 rings (SSSR count). The molecule has 2 aliphatic rings. The summed E-state index contributed by atoms with van der Waals surface area (Å²) in [5.41, 5.74) is 1.42. The fourth-order valence-electron chi connectivity index (χ4n) is 4.44. The highest BCUT2D eigenvalue weighted by Crippen LogP contribution is 2.25. The van der Waals surface area contributed by atoms with Crippen LogP contribution in [0.5, 0.6) is 0 Å². The summed E-state index contributed by atoms with van der Waals surface area (Å²) in [7, 11) is 0. The molecule has 1 unspecified atom stereocenters. The number of guanidine groups is 1. The number of hydrogen-bond acceptors (Lipinski definition) is 3. The van der Waals surface area contributed by atoms with Crippen molar-refractivity contribution >= 4 is 35.8 Å². The van der Waals surface area contributed by atoms with Crippen molar-refractivity contribution in [2.75, 3.05) is 52.4 Å². The molecule has 1 aromatic carbocycles. The maximum absolute atomic E-state index is 11.7. The summed E-state index contributed by atoms with van der Waals surface area (Å²) >= 11 is 0. The molecule has 30 heavy (non-hydrogen) atoms. The van der Waals surface area contributed by atoms with Crippen LogP contribution in [-0.4, -0.2) is 78.9 Å². The average Bonchev–Trinajstić information content (AvgIpc) is 3.17. The number of amides is 1. The van der Waals surface area contributed by atoms with Crippen molar-refractivity contribution in [2.24, 2.45) is 4.99 Å². The highest BCUT2D eigenvalue weighted by atomic mass is 127. The van der Waals surface area contributed by atoms with Crippen molar-refractivity contribution < 1.29 is 4.79 Å². The summed E-state index contributed by atoms with van der Waals surface area (Å²) in [5.74, 6) is 1.33. The summed E-state index contributed by atoms with van der Waals surface area (Å²) in [5, 5.41) is 3.46. The number of halogens is 1. The summed E-state index contributed by atoms with van der Waals surface area (Å²) in [6.45, 7) is 11.9. The molecule has 1 atom stereocenters. The van der Waals surface area contributed by atoms with Crippen LogP contribution in [0.2, 0.25) is 0 Å². The smallest absolute Gasteiger partial charge is 0.222 e. The molecular weight excluding hydrogens is 489 g/mol. The first-order valence-corrected chi connectivity index (χ1v) is 11.3. The lowest BCUT2D eigenvalue weighted by Crippen LogP contribution is -2.53. The SMILES string of the molecule is CCNC(=NCCCN1CCCC1=O)N1CCN(C(CC)c2ccccc2)CC1.I. The van der Waals surface area contributed by atoms with E-state index in [1.54, 1.807) is 0 Å². The Kier molecular flexibility index (Phi) is 10.9. The number of nitrogens with zero attached hydrogens (tertiary/aromatic N) is 4. The zero-order chi connectivity index (χ0) is 20.5. The fourth-order valence-corrected chi connectivity index (χ4v) is 4.44. The Hall–Kier alpha value is -1.35. The third-order valence-electron chi connectivity index (χ3n) is 5.98. The van der Waals surface area contributed by atoms with Gasteiger partial charge in [-0.05, 0) is 31.7 Å². The number of likely N-dealkylation sites (tertiary alicyclic amines) is 1. The highest BCUT2D eigenvalue weighted by Gasteiger charge is 2.25. The van der Waals surface area contributed by atoms with E-state index >= 15 is 0 Å². The molecule has 0 radical (unpaired) electrons. The van der Waals surface area contributed by atoms with Crippen LogP contribution in [0.1, 0.15) is 51.1 Å². The Morgan fingerprint density at radius 1 is 1.10 bits per heavy atom. The Morgan fingerprint density at radius 3 is 2.43 bits per heavy atom. The Balaban J connectivity index is 0.00000320. The van der Waals surface area contributed by atoms with E-state index in [0.29, 0.717) is 11.9 Å². The van der Waals surface area contributed by atoms with E-state index in [-0.39, 0.29) is 24.0 Å². The fraction of sp³-hybridized carbons (Fsp3) is 0.652. The molecule has 2 saturated heterocycles. The molecule has 1 N–H and O–H groups in total. The second-order valence-corrected chi connectivity index (χ2v) is 7.93. The van der Waals surface area contributed by atoms with Gasteiger partial charge in [0, 0.05) is 64.8 Å². The second-order valence-electron chi connectivity index (χ2n) is 7.93. The van der Waals surface area contributed by atoms with E-state index in [4.69, 9.17) is 4.99 Å². The standard InChI is InChI=1S/C23H37N5O.HI/c1-3-21(20-10-6-5-7-11-20)26-16-18-28(19-17-26)23(24-4-2)25-13-9-15-27-14-8-12-22(27)29;/h5-7,10-11,21H,3-4,8-9,12-19H2,1-2H3,(H,24,25);1H. The van der Waals surface area contributed by atoms with Gasteiger partial charge in [-0.3, -0.25) is 14.7 Å². The first kappa shape index (κ1) is 24.9. The molecule has 0 saturated carbocycles. The van der Waals surface area contributed by atoms with E-state index < -0.39 is 0 Å². The molecule has 1 aromatic rings. The summed E-state index contributed by atoms with van der Waals surface area (Å²) in [6, 6.07) is 11.4. The summed E-state index contributed by atoms with van der Waals surface area (Å²) in [6.07, 6.45) is 3.80. The minimum Gasteiger partial charge on any atom is -0.357 e. The number of aliphatic imine (C=N–C) groups is 1. The van der Waals surface area contributed by atoms with E-state index in [2.05, 4.69) is 59.3 Å². The van der Waals surface area contributed by atoms with Crippen molar-refractivity contribution in [3.8, 4) is 0 Å². The van der Waals surface area contributed by atoms with Gasteiger partial charge in [0.25, 0.3) is 0 Å². The van der Waals surface area contributed by atoms with Gasteiger partial charge in [0.15, 0.2) is 5.96 Å². The third kappa shape index (κ3) is 6.83. The van der Waals surface area contributed by atoms with Gasteiger partial charge < -0.3 is 15.1 Å². The maximum atomic E-state index is 11.7. The third-order valence-corrected chi connectivity index (χ3v) is 5.98. The largest absolute Gasteiger partial charge is 0.357 e. The van der Waals surface area contributed by atoms with Crippen molar-refractivity contribution in [3.05, 3.63) is 35.9 Å². The van der Waals surface area contributed by atoms with E-state index in [1.807, 2.05) is 4.90 Å². The van der Waals surface area contributed by atoms with E-state index in [1.165, 1.54) is 5.56 Å². The number of piperazine rings is 1. The number of carbonyl (C=O) groups is 1. The monoisotopic (exact) mass is 527 g/mol. The first-order chi connectivity index (χ1) is 14.2. The Morgan fingerprint density at radius 2 is 1.83 bits per heavy atom. The zero-order valence-electron chi connectivity index (χ0n) is 18.6. The number of nitrogens with one attached hydrogen (secondary N) is 1. The van der Waals surface area contributed by atoms with E-state index in [0.717, 1.165) is 84.0 Å². The molecule has 0 aliphatic carbocycles. The molecule has 168 valence electrons. The van der Waals surface area contributed by atoms with Crippen LogP contribution in [-0.2, 0) is 4.79 Å². The molecule has 6 nitrogen and oxygen atoms in total. The molecule has 0 aromatic heterocycles. The zero-order valence-corrected chi connectivity index (χ0v) is 20.9. The topological polar surface area (TPSA) is 51.2 Å². The Bertz CT molecular complexity index is 661. The molecule has 2 heterocycles. The van der Waals surface area contributed by atoms with Gasteiger partial charge in [-0.1, -0.05) is 37.3 Å². The van der Waals surface area contributed by atoms with Crippen LogP contribution in [0, 0.1) is 0 Å². The molecule has 2 fully saturated rings. The number of hydrogen-bond donors (Lipinski definition) is 1. The van der Waals surface area contributed by atoms with Gasteiger partial charge in [-0.2, -0.15) is 0 Å². The van der Waals surface area contributed by atoms with Gasteiger partial charge >= 0.3 is 0 Å². The number of benzene rings is 1. The van der Waals surface area contributed by atoms with Crippen molar-refractivity contribution in [3.63, 3.8) is 0 Å². The Labute approximate surface area is 199 Å². The van der Waals surface area contributed by atoms with Crippen LogP contribution < -0.4 is 5.32 Å². The minimum atomic E-state index is 0. The number of carbonyl (C=O) groups excluding carboxylic acids is 1. The molecule has 7 heteroatoms. The number of rotatable bonds is 8. The molecule has 1 amide bonds. The highest BCUT2D eigenvalue weighted by molar-refractivity contribution is 14.0. The molecule has 2 aliphatic heterocycles. The first-order valence-electron chi connectivity index (χ1n) is 11.3. The van der Waals surface area contributed by atoms with Gasteiger partial charge in [0.2, 0.25) is 5.91 Å². The second kappa shape index (κ2) is 13.1. The maximum Gasteiger partial charge on any atom is 0.222 e. The van der Waals surface area contributed by atoms with Gasteiger partial charge in [-0.25, -0.2) is 0 Å². The quantitative estimate of drug-likeness (QED) is 0.244. The van der Waals surface area contributed by atoms with Crippen LogP contribution >= 0.6 is 24.0 Å². The lowest BCUT2D eigenvalue weighted by atomic mass is 10.0. The van der Waals surface area contributed by atoms with Crippen molar-refractivity contribution in [1.29, 1.82) is 0 Å². The lowest BCUT2D eigenvalue weighted by molar-refractivity contribution is -0.127. The van der Waals surface area contributed by atoms with Gasteiger partial charge in [0.05, 0.1) is 0 Å². The molecule has 0 spiro atoms. The van der Waals surface area contributed by atoms with Crippen LogP contribution in [0.25, 0.3) is 0 Å². The van der Waals surface area contributed by atoms with Crippen LogP contribution in [0.15, 0.2) is 35.3 Å². The van der Waals surface area contributed by atoms with E-state index in [9.17, 15) is 4.79 Å². The summed E-state index contributed by atoms with van der Waals surface area (Å²) in [4.78, 5) is 23.6. The van der Waals surface area contributed by atoms with Crippen molar-refractivity contribution in [2.45, 2.75) is 45.6 Å². The van der Waals surface area contributed by atoms with Crippen LogP contribution in [0.4, 0.5) is 0 Å². The lowest BCUT2D eigenvalue weighted by Gasteiger charge is -2.40. The van der Waals surface area contributed by atoms with Crippen LogP contribution in [0.3, 0.4) is 0 Å². The molecule has 0 bridgehead atoms. The average molecular weight is 527 g/mol.